The van der Waals surface area contributed by atoms with Crippen LogP contribution in [0.2, 0.25) is 0 Å². The van der Waals surface area contributed by atoms with Crippen LogP contribution in [0.1, 0.15) is 39.8 Å². The second-order valence-electron chi connectivity index (χ2n) is 14.9. The summed E-state index contributed by atoms with van der Waals surface area (Å²) in [5.41, 5.74) is 15.1. The van der Waals surface area contributed by atoms with Crippen molar-refractivity contribution in [2.24, 2.45) is 0 Å². The van der Waals surface area contributed by atoms with Crippen LogP contribution in [0.4, 0.5) is 17.1 Å². The van der Waals surface area contributed by atoms with E-state index in [1.807, 2.05) is 17.4 Å². The Bertz CT molecular complexity index is 3020. The highest BCUT2D eigenvalue weighted by molar-refractivity contribution is 7.25. The summed E-state index contributed by atoms with van der Waals surface area (Å²) in [4.78, 5) is 2.43. The number of hydrogen-bond acceptors (Lipinski definition) is 3. The second kappa shape index (κ2) is 12.1. The number of fused-ring (bicyclic) bond motifs is 14. The van der Waals surface area contributed by atoms with Crippen molar-refractivity contribution in [2.75, 3.05) is 4.90 Å². The van der Waals surface area contributed by atoms with E-state index in [1.165, 1.54) is 64.7 Å². The Kier molecular flexibility index (Phi) is 6.79. The number of nitrogens with zero attached hydrogens (tertiary/aromatic N) is 1. The summed E-state index contributed by atoms with van der Waals surface area (Å²) < 4.78 is 9.29. The minimum absolute atomic E-state index is 0.643. The van der Waals surface area contributed by atoms with Crippen LogP contribution in [0.25, 0.3) is 48.5 Å². The Labute approximate surface area is 330 Å². The fraction of sp³-hybridized carbons (Fsp3) is 0.0566. The summed E-state index contributed by atoms with van der Waals surface area (Å²) in [6.45, 7) is 0. The maximum Gasteiger partial charge on any atom is 0.141 e. The van der Waals surface area contributed by atoms with Crippen molar-refractivity contribution < 1.29 is 4.74 Å². The van der Waals surface area contributed by atoms with E-state index in [4.69, 9.17) is 4.74 Å². The van der Waals surface area contributed by atoms with Crippen LogP contribution < -0.4 is 9.64 Å². The predicted octanol–water partition coefficient (Wildman–Crippen LogP) is 14.2. The molecule has 0 N–H and O–H groups in total. The molecule has 262 valence electrons. The molecule has 2 aliphatic carbocycles. The SMILES string of the molecule is c1ccc2c(c#1)C1(c3ccccc3O2)c2cc(N(c3ccc(-c4ccccc4)cc3)c3ccc4sc5ccccc5c4c3)ccc2-c2ccc3c(c21)CCC=C3. The third-order valence-electron chi connectivity index (χ3n) is 12.0. The van der Waals surface area contributed by atoms with E-state index in [1.54, 1.807) is 0 Å². The lowest BCUT2D eigenvalue weighted by molar-refractivity contribution is 0.436. The maximum absolute atomic E-state index is 6.70. The Morgan fingerprint density at radius 2 is 1.34 bits per heavy atom. The number of thiophene rings is 1. The third-order valence-corrected chi connectivity index (χ3v) is 13.2. The van der Waals surface area contributed by atoms with Gasteiger partial charge in [0.1, 0.15) is 11.5 Å². The minimum Gasteiger partial charge on any atom is -0.456 e. The highest BCUT2D eigenvalue weighted by atomic mass is 32.1. The fourth-order valence-corrected chi connectivity index (χ4v) is 10.7. The zero-order valence-corrected chi connectivity index (χ0v) is 31.2. The molecule has 3 heteroatoms. The highest BCUT2D eigenvalue weighted by Gasteiger charge is 2.53. The molecular formula is C53H33NOS. The first kappa shape index (κ1) is 31.5. The lowest BCUT2D eigenvalue weighted by atomic mass is 9.64. The lowest BCUT2D eigenvalue weighted by Gasteiger charge is -2.40. The molecule has 12 rings (SSSR count). The van der Waals surface area contributed by atoms with Gasteiger partial charge < -0.3 is 9.64 Å². The van der Waals surface area contributed by atoms with Crippen LogP contribution in [0, 0.1) is 12.1 Å². The first-order valence-electron chi connectivity index (χ1n) is 19.3. The Morgan fingerprint density at radius 1 is 0.589 bits per heavy atom. The van der Waals surface area contributed by atoms with Gasteiger partial charge in [0, 0.05) is 42.8 Å². The quantitative estimate of drug-likeness (QED) is 0.179. The first-order chi connectivity index (χ1) is 27.8. The van der Waals surface area contributed by atoms with Gasteiger partial charge >= 0.3 is 0 Å². The van der Waals surface area contributed by atoms with E-state index in [9.17, 15) is 0 Å². The summed E-state index contributed by atoms with van der Waals surface area (Å²) >= 11 is 1.85. The fourth-order valence-electron chi connectivity index (χ4n) is 9.66. The van der Waals surface area contributed by atoms with Gasteiger partial charge in [0.25, 0.3) is 0 Å². The number of rotatable bonds is 4. The van der Waals surface area contributed by atoms with Crippen molar-refractivity contribution >= 4 is 54.6 Å². The number of ether oxygens (including phenoxy) is 1. The van der Waals surface area contributed by atoms with E-state index in [0.717, 1.165) is 52.5 Å². The van der Waals surface area contributed by atoms with E-state index in [2.05, 4.69) is 187 Å². The molecule has 0 amide bonds. The average molecular weight is 732 g/mol. The molecule has 56 heavy (non-hydrogen) atoms. The van der Waals surface area contributed by atoms with Crippen LogP contribution in [0.15, 0.2) is 170 Å². The summed E-state index contributed by atoms with van der Waals surface area (Å²) in [7, 11) is 0. The van der Waals surface area contributed by atoms with Gasteiger partial charge in [-0.25, -0.2) is 0 Å². The standard InChI is InChI=1S/C53H33NOS/c1-2-12-34(13-3-1)35-22-25-37(26-23-35)54(38-28-31-51-44(32-38)42-16-6-11-21-50(42)56-51)39-27-30-41-43-29-24-36-14-4-5-15-40(36)52(43)53(47(41)33-39)45-17-7-9-19-48(45)55-49-20-10-8-18-46(49)53/h1-4,6-7,9-14,16-17,19-33H,5,15H2. The van der Waals surface area contributed by atoms with E-state index in [0.29, 0.717) is 0 Å². The minimum atomic E-state index is -0.643. The van der Waals surface area contributed by atoms with Gasteiger partial charge in [0.2, 0.25) is 0 Å². The number of allylic oxidation sites excluding steroid dienone is 1. The monoisotopic (exact) mass is 731 g/mol. The van der Waals surface area contributed by atoms with Crippen LogP contribution in [-0.2, 0) is 11.8 Å². The van der Waals surface area contributed by atoms with Crippen molar-refractivity contribution in [3.05, 3.63) is 215 Å². The van der Waals surface area contributed by atoms with Crippen molar-refractivity contribution in [1.29, 1.82) is 0 Å². The summed E-state index contributed by atoms with van der Waals surface area (Å²) in [6.07, 6.45) is 6.62. The van der Waals surface area contributed by atoms with Gasteiger partial charge in [-0.3, -0.25) is 0 Å². The number of benzene rings is 7. The normalized spacial score (nSPS) is 14.0. The first-order valence-corrected chi connectivity index (χ1v) is 20.1. The molecule has 3 aliphatic rings. The van der Waals surface area contributed by atoms with E-state index >= 15 is 0 Å². The van der Waals surface area contributed by atoms with Crippen LogP contribution in [0.3, 0.4) is 0 Å². The highest BCUT2D eigenvalue weighted by Crippen LogP contribution is 2.63. The van der Waals surface area contributed by atoms with Gasteiger partial charge in [0.15, 0.2) is 0 Å². The molecule has 1 aromatic heterocycles. The molecule has 2 heterocycles. The van der Waals surface area contributed by atoms with Gasteiger partial charge in [-0.05, 0) is 124 Å². The molecule has 1 unspecified atom stereocenters. The van der Waals surface area contributed by atoms with Gasteiger partial charge in [-0.15, -0.1) is 11.3 Å². The molecule has 0 fully saturated rings. The van der Waals surface area contributed by atoms with Crippen LogP contribution in [0.5, 0.6) is 11.5 Å². The van der Waals surface area contributed by atoms with Gasteiger partial charge in [-0.1, -0.05) is 121 Å². The second-order valence-corrected chi connectivity index (χ2v) is 16.0. The Hall–Kier alpha value is -6.86. The topological polar surface area (TPSA) is 12.5 Å². The Morgan fingerprint density at radius 3 is 2.27 bits per heavy atom. The zero-order valence-electron chi connectivity index (χ0n) is 30.4. The van der Waals surface area contributed by atoms with Crippen molar-refractivity contribution in [3.8, 4) is 33.8 Å². The Balaban J connectivity index is 1.14. The summed E-state index contributed by atoms with van der Waals surface area (Å²) in [5.74, 6) is 1.72. The zero-order chi connectivity index (χ0) is 36.8. The molecule has 0 radical (unpaired) electrons. The molecule has 1 aliphatic heterocycles. The van der Waals surface area contributed by atoms with Crippen LogP contribution in [-0.4, -0.2) is 0 Å². The number of para-hydroxylation sites is 1. The molecule has 0 bridgehead atoms. The largest absolute Gasteiger partial charge is 0.456 e. The van der Waals surface area contributed by atoms with Crippen molar-refractivity contribution in [1.82, 2.24) is 0 Å². The molecule has 9 aromatic rings. The lowest BCUT2D eigenvalue weighted by Crippen LogP contribution is -2.33. The smallest absolute Gasteiger partial charge is 0.141 e. The molecule has 8 aromatic carbocycles. The molecule has 2 nitrogen and oxygen atoms in total. The molecule has 0 saturated heterocycles. The molecule has 1 atom stereocenters. The molecular weight excluding hydrogens is 699 g/mol. The van der Waals surface area contributed by atoms with Crippen molar-refractivity contribution in [3.63, 3.8) is 0 Å². The maximum atomic E-state index is 6.70. The average Bonchev–Trinajstić information content (AvgIpc) is 3.78. The molecule has 1 spiro atoms. The van der Waals surface area contributed by atoms with Gasteiger partial charge in [0.05, 0.1) is 11.0 Å². The van der Waals surface area contributed by atoms with E-state index < -0.39 is 5.41 Å². The van der Waals surface area contributed by atoms with Crippen LogP contribution >= 0.6 is 11.3 Å². The van der Waals surface area contributed by atoms with Gasteiger partial charge in [-0.2, -0.15) is 0 Å². The summed E-state index contributed by atoms with van der Waals surface area (Å²) in [6, 6.07) is 66.7. The summed E-state index contributed by atoms with van der Waals surface area (Å²) in [5, 5.41) is 2.56. The number of hydrogen-bond donors (Lipinski definition) is 0. The van der Waals surface area contributed by atoms with E-state index in [-0.39, 0.29) is 0 Å². The molecule has 0 saturated carbocycles. The number of anilines is 3. The predicted molar refractivity (Wildman–Crippen MR) is 232 cm³/mol. The van der Waals surface area contributed by atoms with Crippen molar-refractivity contribution in [2.45, 2.75) is 18.3 Å². The third kappa shape index (κ3) is 4.45.